The van der Waals surface area contributed by atoms with Gasteiger partial charge < -0.3 is 4.74 Å². The molecular weight excluding hydrogens is 214 g/mol. The SMILES string of the molecule is COCCCS(=O)(=O)N1CCCCC1C. The van der Waals surface area contributed by atoms with Crippen LogP contribution in [0, 0.1) is 0 Å². The van der Waals surface area contributed by atoms with E-state index in [-0.39, 0.29) is 11.8 Å². The third-order valence-corrected chi connectivity index (χ3v) is 4.91. The van der Waals surface area contributed by atoms with Crippen molar-refractivity contribution in [3.63, 3.8) is 0 Å². The largest absolute Gasteiger partial charge is 0.385 e. The minimum Gasteiger partial charge on any atom is -0.385 e. The molecule has 5 heteroatoms. The van der Waals surface area contributed by atoms with Gasteiger partial charge in [-0.3, -0.25) is 0 Å². The fourth-order valence-corrected chi connectivity index (χ4v) is 3.77. The van der Waals surface area contributed by atoms with E-state index in [0.29, 0.717) is 19.6 Å². The summed E-state index contributed by atoms with van der Waals surface area (Å²) in [5.41, 5.74) is 0. The highest BCUT2D eigenvalue weighted by atomic mass is 32.2. The summed E-state index contributed by atoms with van der Waals surface area (Å²) in [6.07, 6.45) is 3.71. The molecular formula is C10H21NO3S. The van der Waals surface area contributed by atoms with Gasteiger partial charge in [-0.15, -0.1) is 0 Å². The van der Waals surface area contributed by atoms with E-state index in [1.165, 1.54) is 0 Å². The van der Waals surface area contributed by atoms with Crippen LogP contribution in [0.25, 0.3) is 0 Å². The first-order valence-electron chi connectivity index (χ1n) is 5.56. The van der Waals surface area contributed by atoms with Crippen LogP contribution in [0.5, 0.6) is 0 Å². The molecule has 0 aromatic carbocycles. The number of hydrogen-bond acceptors (Lipinski definition) is 3. The second-order valence-electron chi connectivity index (χ2n) is 4.12. The van der Waals surface area contributed by atoms with E-state index < -0.39 is 10.0 Å². The lowest BCUT2D eigenvalue weighted by Crippen LogP contribution is -2.43. The number of hydrogen-bond donors (Lipinski definition) is 0. The molecule has 1 heterocycles. The molecule has 0 aromatic rings. The predicted molar refractivity (Wildman–Crippen MR) is 60.3 cm³/mol. The number of rotatable bonds is 5. The molecule has 1 aliphatic rings. The highest BCUT2D eigenvalue weighted by Gasteiger charge is 2.28. The topological polar surface area (TPSA) is 46.6 Å². The van der Waals surface area contributed by atoms with Gasteiger partial charge in [-0.2, -0.15) is 4.31 Å². The Bertz CT molecular complexity index is 276. The second kappa shape index (κ2) is 5.82. The molecule has 0 amide bonds. The highest BCUT2D eigenvalue weighted by Crippen LogP contribution is 2.20. The van der Waals surface area contributed by atoms with Gasteiger partial charge in [0.1, 0.15) is 0 Å². The minimum atomic E-state index is -3.05. The van der Waals surface area contributed by atoms with Crippen molar-refractivity contribution in [2.24, 2.45) is 0 Å². The first-order valence-corrected chi connectivity index (χ1v) is 7.17. The second-order valence-corrected chi connectivity index (χ2v) is 6.16. The van der Waals surface area contributed by atoms with Gasteiger partial charge in [-0.25, -0.2) is 8.42 Å². The van der Waals surface area contributed by atoms with Crippen LogP contribution in [0.15, 0.2) is 0 Å². The Morgan fingerprint density at radius 2 is 2.13 bits per heavy atom. The monoisotopic (exact) mass is 235 g/mol. The Kier molecular flexibility index (Phi) is 5.02. The molecule has 1 rings (SSSR count). The predicted octanol–water partition coefficient (Wildman–Crippen LogP) is 1.23. The molecule has 1 fully saturated rings. The van der Waals surface area contributed by atoms with E-state index in [4.69, 9.17) is 4.74 Å². The van der Waals surface area contributed by atoms with Crippen molar-refractivity contribution in [2.75, 3.05) is 26.0 Å². The normalized spacial score (nSPS) is 24.3. The van der Waals surface area contributed by atoms with Crippen molar-refractivity contribution in [1.29, 1.82) is 0 Å². The fraction of sp³-hybridized carbons (Fsp3) is 1.00. The average Bonchev–Trinajstić information content (AvgIpc) is 2.18. The Morgan fingerprint density at radius 3 is 2.73 bits per heavy atom. The number of piperidine rings is 1. The van der Waals surface area contributed by atoms with Gasteiger partial charge in [0.15, 0.2) is 0 Å². The van der Waals surface area contributed by atoms with Crippen molar-refractivity contribution < 1.29 is 13.2 Å². The van der Waals surface area contributed by atoms with Crippen LogP contribution in [0.4, 0.5) is 0 Å². The number of ether oxygens (including phenoxy) is 1. The van der Waals surface area contributed by atoms with Crippen LogP contribution in [0.2, 0.25) is 0 Å². The number of methoxy groups -OCH3 is 1. The zero-order valence-electron chi connectivity index (χ0n) is 9.61. The molecule has 1 unspecified atom stereocenters. The van der Waals surface area contributed by atoms with Crippen LogP contribution >= 0.6 is 0 Å². The molecule has 0 saturated carbocycles. The Balaban J connectivity index is 2.51. The third-order valence-electron chi connectivity index (χ3n) is 2.85. The van der Waals surface area contributed by atoms with Crippen LogP contribution in [-0.2, 0) is 14.8 Å². The maximum atomic E-state index is 11.9. The van der Waals surface area contributed by atoms with Crippen molar-refractivity contribution in [3.8, 4) is 0 Å². The summed E-state index contributed by atoms with van der Waals surface area (Å²) in [7, 11) is -1.46. The molecule has 4 nitrogen and oxygen atoms in total. The van der Waals surface area contributed by atoms with Crippen LogP contribution in [-0.4, -0.2) is 44.8 Å². The van der Waals surface area contributed by atoms with Crippen LogP contribution in [0.3, 0.4) is 0 Å². The summed E-state index contributed by atoms with van der Waals surface area (Å²) in [6, 6.07) is 0.172. The molecule has 1 saturated heterocycles. The van der Waals surface area contributed by atoms with Crippen LogP contribution in [0.1, 0.15) is 32.6 Å². The molecule has 90 valence electrons. The van der Waals surface area contributed by atoms with E-state index >= 15 is 0 Å². The van der Waals surface area contributed by atoms with Gasteiger partial charge in [0.2, 0.25) is 10.0 Å². The van der Waals surface area contributed by atoms with Crippen molar-refractivity contribution in [3.05, 3.63) is 0 Å². The first kappa shape index (κ1) is 12.9. The molecule has 15 heavy (non-hydrogen) atoms. The maximum Gasteiger partial charge on any atom is 0.214 e. The number of sulfonamides is 1. The zero-order chi connectivity index (χ0) is 11.3. The van der Waals surface area contributed by atoms with Gasteiger partial charge in [-0.05, 0) is 26.2 Å². The molecule has 0 aliphatic carbocycles. The lowest BCUT2D eigenvalue weighted by Gasteiger charge is -2.32. The zero-order valence-corrected chi connectivity index (χ0v) is 10.4. The lowest BCUT2D eigenvalue weighted by molar-refractivity contribution is 0.198. The highest BCUT2D eigenvalue weighted by molar-refractivity contribution is 7.89. The maximum absolute atomic E-state index is 11.9. The quantitative estimate of drug-likeness (QED) is 0.673. The summed E-state index contributed by atoms with van der Waals surface area (Å²) in [5.74, 6) is 0.213. The standard InChI is InChI=1S/C10H21NO3S/c1-10-6-3-4-7-11(10)15(12,13)9-5-8-14-2/h10H,3-9H2,1-2H3. The minimum absolute atomic E-state index is 0.172. The fourth-order valence-electron chi connectivity index (χ4n) is 1.99. The van der Waals surface area contributed by atoms with Crippen molar-refractivity contribution >= 4 is 10.0 Å². The molecule has 1 atom stereocenters. The molecule has 0 aromatic heterocycles. The van der Waals surface area contributed by atoms with Gasteiger partial charge >= 0.3 is 0 Å². The summed E-state index contributed by atoms with van der Waals surface area (Å²) >= 11 is 0. The summed E-state index contributed by atoms with van der Waals surface area (Å²) in [4.78, 5) is 0. The Morgan fingerprint density at radius 1 is 1.40 bits per heavy atom. The Labute approximate surface area is 92.7 Å². The number of nitrogens with zero attached hydrogens (tertiary/aromatic N) is 1. The van der Waals surface area contributed by atoms with E-state index in [0.717, 1.165) is 19.3 Å². The van der Waals surface area contributed by atoms with E-state index in [1.807, 2.05) is 6.92 Å². The van der Waals surface area contributed by atoms with Gasteiger partial charge in [0.25, 0.3) is 0 Å². The molecule has 0 spiro atoms. The Hall–Kier alpha value is -0.130. The van der Waals surface area contributed by atoms with Gasteiger partial charge in [-0.1, -0.05) is 6.42 Å². The summed E-state index contributed by atoms with van der Waals surface area (Å²) in [6.45, 7) is 3.20. The molecule has 0 bridgehead atoms. The molecule has 0 N–H and O–H groups in total. The smallest absolute Gasteiger partial charge is 0.214 e. The van der Waals surface area contributed by atoms with Gasteiger partial charge in [0, 0.05) is 26.3 Å². The molecule has 0 radical (unpaired) electrons. The van der Waals surface area contributed by atoms with Crippen molar-refractivity contribution in [2.45, 2.75) is 38.6 Å². The molecule has 1 aliphatic heterocycles. The third kappa shape index (κ3) is 3.74. The van der Waals surface area contributed by atoms with Crippen molar-refractivity contribution in [1.82, 2.24) is 4.31 Å². The summed E-state index contributed by atoms with van der Waals surface area (Å²) < 4.78 is 30.4. The lowest BCUT2D eigenvalue weighted by atomic mass is 10.1. The van der Waals surface area contributed by atoms with E-state index in [1.54, 1.807) is 11.4 Å². The van der Waals surface area contributed by atoms with Crippen LogP contribution < -0.4 is 0 Å². The average molecular weight is 235 g/mol. The van der Waals surface area contributed by atoms with Gasteiger partial charge in [0.05, 0.1) is 5.75 Å². The first-order chi connectivity index (χ1) is 7.08. The van der Waals surface area contributed by atoms with E-state index in [2.05, 4.69) is 0 Å². The van der Waals surface area contributed by atoms with E-state index in [9.17, 15) is 8.42 Å². The summed E-state index contributed by atoms with van der Waals surface area (Å²) in [5, 5.41) is 0.